The molecule has 0 heterocycles. The summed E-state index contributed by atoms with van der Waals surface area (Å²) < 4.78 is 0. The Bertz CT molecular complexity index is 490. The summed E-state index contributed by atoms with van der Waals surface area (Å²) in [5.41, 5.74) is 2.14. The molecular weight excluding hydrogens is 256 g/mol. The topological polar surface area (TPSA) is 17.1 Å². The SMILES string of the molecule is CC1CC2=CC(=O)CC[C@@H]2[C@H]2CC[C@]3(C)C(C)CC[C@H]3[C@H]12. The normalized spacial score (nSPS) is 52.7. The molecule has 7 atom stereocenters. The van der Waals surface area contributed by atoms with Crippen LogP contribution in [0.5, 0.6) is 0 Å². The van der Waals surface area contributed by atoms with E-state index in [1.807, 2.05) is 6.08 Å². The summed E-state index contributed by atoms with van der Waals surface area (Å²) in [4.78, 5) is 11.8. The van der Waals surface area contributed by atoms with Gasteiger partial charge in [0.25, 0.3) is 0 Å². The summed E-state index contributed by atoms with van der Waals surface area (Å²) in [5, 5.41) is 0. The molecule has 2 unspecified atom stereocenters. The predicted molar refractivity (Wildman–Crippen MR) is 85.8 cm³/mol. The number of hydrogen-bond acceptors (Lipinski definition) is 1. The van der Waals surface area contributed by atoms with Crippen LogP contribution in [-0.2, 0) is 4.79 Å². The molecule has 0 saturated heterocycles. The fourth-order valence-electron chi connectivity index (χ4n) is 6.85. The lowest BCUT2D eigenvalue weighted by Gasteiger charge is -2.56. The van der Waals surface area contributed by atoms with Crippen molar-refractivity contribution in [2.75, 3.05) is 0 Å². The highest BCUT2D eigenvalue weighted by atomic mass is 16.1. The molecule has 0 aliphatic heterocycles. The molecule has 3 saturated carbocycles. The number of allylic oxidation sites excluding steroid dienone is 1. The van der Waals surface area contributed by atoms with Crippen LogP contribution in [-0.4, -0.2) is 5.78 Å². The number of fused-ring (bicyclic) bond motifs is 5. The van der Waals surface area contributed by atoms with Crippen molar-refractivity contribution < 1.29 is 4.79 Å². The Morgan fingerprint density at radius 2 is 1.95 bits per heavy atom. The number of rotatable bonds is 0. The minimum atomic E-state index is 0.391. The number of hydrogen-bond donors (Lipinski definition) is 0. The van der Waals surface area contributed by atoms with Gasteiger partial charge in [0.2, 0.25) is 0 Å². The number of carbonyl (C=O) groups is 1. The Kier molecular flexibility index (Phi) is 3.14. The standard InChI is InChI=1S/C20H30O/c1-12-10-14-11-15(21)5-6-16(14)17-8-9-20(3)13(2)4-7-18(20)19(12)17/h11-13,16-19H,4-10H2,1-3H3/t12?,13?,16-,17+,18-,19+,20+/m0/s1. The van der Waals surface area contributed by atoms with Crippen LogP contribution in [0.3, 0.4) is 0 Å². The molecule has 0 N–H and O–H groups in total. The van der Waals surface area contributed by atoms with Crippen molar-refractivity contribution in [2.45, 2.75) is 65.7 Å². The zero-order chi connectivity index (χ0) is 14.8. The van der Waals surface area contributed by atoms with Crippen molar-refractivity contribution in [3.63, 3.8) is 0 Å². The minimum Gasteiger partial charge on any atom is -0.295 e. The van der Waals surface area contributed by atoms with Crippen molar-refractivity contribution in [2.24, 2.45) is 40.9 Å². The third-order valence-electron chi connectivity index (χ3n) is 8.11. The lowest BCUT2D eigenvalue weighted by molar-refractivity contribution is -0.116. The van der Waals surface area contributed by atoms with E-state index < -0.39 is 0 Å². The first-order valence-corrected chi connectivity index (χ1v) is 9.24. The Morgan fingerprint density at radius 3 is 2.76 bits per heavy atom. The summed E-state index contributed by atoms with van der Waals surface area (Å²) in [6.07, 6.45) is 11.0. The van der Waals surface area contributed by atoms with E-state index in [-0.39, 0.29) is 0 Å². The zero-order valence-corrected chi connectivity index (χ0v) is 13.9. The maximum absolute atomic E-state index is 11.8. The van der Waals surface area contributed by atoms with Crippen molar-refractivity contribution in [3.8, 4) is 0 Å². The highest BCUT2D eigenvalue weighted by Crippen LogP contribution is 2.64. The summed E-state index contributed by atoms with van der Waals surface area (Å²) >= 11 is 0. The quantitative estimate of drug-likeness (QED) is 0.611. The first-order valence-electron chi connectivity index (χ1n) is 9.24. The molecule has 21 heavy (non-hydrogen) atoms. The molecule has 0 amide bonds. The van der Waals surface area contributed by atoms with Crippen molar-refractivity contribution in [1.82, 2.24) is 0 Å². The maximum atomic E-state index is 11.8. The lowest BCUT2D eigenvalue weighted by atomic mass is 9.49. The van der Waals surface area contributed by atoms with Gasteiger partial charge in [0.1, 0.15) is 0 Å². The smallest absolute Gasteiger partial charge is 0.155 e. The Morgan fingerprint density at radius 1 is 1.14 bits per heavy atom. The lowest BCUT2D eigenvalue weighted by Crippen LogP contribution is -2.49. The molecule has 116 valence electrons. The van der Waals surface area contributed by atoms with E-state index in [0.29, 0.717) is 11.2 Å². The van der Waals surface area contributed by atoms with Crippen LogP contribution in [0.1, 0.15) is 65.7 Å². The largest absolute Gasteiger partial charge is 0.295 e. The van der Waals surface area contributed by atoms with E-state index in [2.05, 4.69) is 20.8 Å². The molecule has 4 aliphatic rings. The van der Waals surface area contributed by atoms with Crippen molar-refractivity contribution >= 4 is 5.78 Å². The van der Waals surface area contributed by atoms with Crippen molar-refractivity contribution in [3.05, 3.63) is 11.6 Å². The fourth-order valence-corrected chi connectivity index (χ4v) is 6.85. The molecule has 0 radical (unpaired) electrons. The van der Waals surface area contributed by atoms with Crippen LogP contribution in [0.4, 0.5) is 0 Å². The second-order valence-corrected chi connectivity index (χ2v) is 8.88. The molecule has 4 rings (SSSR count). The van der Waals surface area contributed by atoms with Gasteiger partial charge in [-0.2, -0.15) is 0 Å². The van der Waals surface area contributed by atoms with Gasteiger partial charge in [0, 0.05) is 6.42 Å². The third kappa shape index (κ3) is 1.92. The first kappa shape index (κ1) is 14.0. The van der Waals surface area contributed by atoms with Crippen LogP contribution in [0, 0.1) is 40.9 Å². The van der Waals surface area contributed by atoms with Crippen LogP contribution in [0.2, 0.25) is 0 Å². The molecule has 0 aromatic heterocycles. The highest BCUT2D eigenvalue weighted by Gasteiger charge is 2.56. The van der Waals surface area contributed by atoms with Gasteiger partial charge < -0.3 is 0 Å². The van der Waals surface area contributed by atoms with E-state index >= 15 is 0 Å². The minimum absolute atomic E-state index is 0.391. The Hall–Kier alpha value is -0.590. The predicted octanol–water partition coefficient (Wildman–Crippen LogP) is 5.01. The van der Waals surface area contributed by atoms with Gasteiger partial charge in [0.15, 0.2) is 5.78 Å². The summed E-state index contributed by atoms with van der Waals surface area (Å²) in [6.45, 7) is 7.56. The molecular formula is C20H30O. The second kappa shape index (κ2) is 4.70. The summed E-state index contributed by atoms with van der Waals surface area (Å²) in [7, 11) is 0. The number of carbonyl (C=O) groups excluding carboxylic acids is 1. The monoisotopic (exact) mass is 286 g/mol. The summed E-state index contributed by atoms with van der Waals surface area (Å²) in [5.74, 6) is 5.63. The third-order valence-corrected chi connectivity index (χ3v) is 8.11. The van der Waals surface area contributed by atoms with Crippen LogP contribution >= 0.6 is 0 Å². The van der Waals surface area contributed by atoms with E-state index in [0.717, 1.165) is 48.3 Å². The highest BCUT2D eigenvalue weighted by molar-refractivity contribution is 5.91. The molecule has 0 bridgehead atoms. The van der Waals surface area contributed by atoms with Gasteiger partial charge in [-0.05, 0) is 85.5 Å². The molecule has 1 nitrogen and oxygen atoms in total. The van der Waals surface area contributed by atoms with Gasteiger partial charge in [-0.1, -0.05) is 26.3 Å². The van der Waals surface area contributed by atoms with Gasteiger partial charge in [-0.15, -0.1) is 0 Å². The van der Waals surface area contributed by atoms with Crippen LogP contribution in [0.25, 0.3) is 0 Å². The van der Waals surface area contributed by atoms with Crippen LogP contribution in [0.15, 0.2) is 11.6 Å². The number of ketones is 1. The van der Waals surface area contributed by atoms with Gasteiger partial charge in [0.05, 0.1) is 0 Å². The molecule has 0 aromatic rings. The summed E-state index contributed by atoms with van der Waals surface area (Å²) in [6, 6.07) is 0. The maximum Gasteiger partial charge on any atom is 0.155 e. The average molecular weight is 286 g/mol. The fraction of sp³-hybridized carbons (Fsp3) is 0.850. The van der Waals surface area contributed by atoms with E-state index in [9.17, 15) is 4.79 Å². The molecule has 3 fully saturated rings. The van der Waals surface area contributed by atoms with E-state index in [1.54, 1.807) is 0 Å². The second-order valence-electron chi connectivity index (χ2n) is 8.88. The first-order chi connectivity index (χ1) is 10.0. The van der Waals surface area contributed by atoms with Gasteiger partial charge in [-0.25, -0.2) is 0 Å². The Labute approximate surface area is 129 Å². The van der Waals surface area contributed by atoms with Crippen molar-refractivity contribution in [1.29, 1.82) is 0 Å². The van der Waals surface area contributed by atoms with E-state index in [1.165, 1.54) is 37.7 Å². The zero-order valence-electron chi connectivity index (χ0n) is 13.9. The molecule has 1 heteroatoms. The average Bonchev–Trinajstić information content (AvgIpc) is 2.74. The molecule has 0 aromatic carbocycles. The van der Waals surface area contributed by atoms with E-state index in [4.69, 9.17) is 0 Å². The van der Waals surface area contributed by atoms with Gasteiger partial charge in [-0.3, -0.25) is 4.79 Å². The Balaban J connectivity index is 1.68. The van der Waals surface area contributed by atoms with Crippen LogP contribution < -0.4 is 0 Å². The van der Waals surface area contributed by atoms with Gasteiger partial charge >= 0.3 is 0 Å². The molecule has 4 aliphatic carbocycles. The molecule has 0 spiro atoms.